The topological polar surface area (TPSA) is 35.6 Å². The van der Waals surface area contributed by atoms with Crippen LogP contribution in [0.1, 0.15) is 44.9 Å². The normalized spacial score (nSPS) is 16.6. The van der Waals surface area contributed by atoms with Gasteiger partial charge in [0.25, 0.3) is 0 Å². The Morgan fingerprint density at radius 3 is 2.39 bits per heavy atom. The third-order valence-electron chi connectivity index (χ3n) is 3.53. The predicted molar refractivity (Wildman–Crippen MR) is 75.8 cm³/mol. The molecular formula is C14H29N3O. The number of carbonyl (C=O) groups excluding carboxylic acids is 1. The molecule has 1 rings (SSSR count). The van der Waals surface area contributed by atoms with E-state index in [0.717, 1.165) is 13.0 Å². The zero-order valence-electron chi connectivity index (χ0n) is 12.1. The summed E-state index contributed by atoms with van der Waals surface area (Å²) in [6.45, 7) is 4.68. The lowest BCUT2D eigenvalue weighted by Gasteiger charge is -2.26. The van der Waals surface area contributed by atoms with Crippen LogP contribution in [0.5, 0.6) is 0 Å². The fourth-order valence-electron chi connectivity index (χ4n) is 2.35. The molecule has 4 nitrogen and oxygen atoms in total. The number of hydrogen-bond acceptors (Lipinski definition) is 2. The van der Waals surface area contributed by atoms with Crippen molar-refractivity contribution in [3.8, 4) is 0 Å². The number of unbranched alkanes of at least 4 members (excludes halogenated alkanes) is 3. The van der Waals surface area contributed by atoms with Gasteiger partial charge in [0.1, 0.15) is 0 Å². The molecule has 0 bridgehead atoms. The first-order valence-electron chi connectivity index (χ1n) is 7.37. The predicted octanol–water partition coefficient (Wildman–Crippen LogP) is 2.30. The maximum absolute atomic E-state index is 11.2. The molecule has 106 valence electrons. The number of nitrogens with one attached hydrogen (secondary N) is 1. The van der Waals surface area contributed by atoms with Gasteiger partial charge in [-0.1, -0.05) is 19.3 Å². The SMILES string of the molecule is CN(C)C(=O)NCCCCCCN1CCCCC1. The monoisotopic (exact) mass is 255 g/mol. The first-order chi connectivity index (χ1) is 8.70. The molecule has 1 aliphatic heterocycles. The van der Waals surface area contributed by atoms with Crippen molar-refractivity contribution in [1.29, 1.82) is 0 Å². The van der Waals surface area contributed by atoms with E-state index in [1.807, 2.05) is 0 Å². The van der Waals surface area contributed by atoms with Gasteiger partial charge in [0.15, 0.2) is 0 Å². The van der Waals surface area contributed by atoms with E-state index in [2.05, 4.69) is 10.2 Å². The lowest BCUT2D eigenvalue weighted by Crippen LogP contribution is -2.34. The van der Waals surface area contributed by atoms with Gasteiger partial charge in [0.05, 0.1) is 0 Å². The molecule has 18 heavy (non-hydrogen) atoms. The molecule has 1 N–H and O–H groups in total. The molecule has 0 aliphatic carbocycles. The molecule has 1 aliphatic rings. The number of urea groups is 1. The maximum Gasteiger partial charge on any atom is 0.316 e. The van der Waals surface area contributed by atoms with E-state index in [1.165, 1.54) is 58.2 Å². The van der Waals surface area contributed by atoms with Crippen LogP contribution >= 0.6 is 0 Å². The molecule has 0 unspecified atom stereocenters. The van der Waals surface area contributed by atoms with Gasteiger partial charge in [0, 0.05) is 20.6 Å². The highest BCUT2D eigenvalue weighted by Crippen LogP contribution is 2.10. The van der Waals surface area contributed by atoms with Gasteiger partial charge in [-0.15, -0.1) is 0 Å². The molecule has 1 heterocycles. The lowest BCUT2D eigenvalue weighted by atomic mass is 10.1. The summed E-state index contributed by atoms with van der Waals surface area (Å²) in [4.78, 5) is 15.4. The Kier molecular flexibility index (Phi) is 7.81. The average Bonchev–Trinajstić information content (AvgIpc) is 2.38. The average molecular weight is 255 g/mol. The Labute approximate surface area is 112 Å². The molecule has 0 aromatic heterocycles. The van der Waals surface area contributed by atoms with Gasteiger partial charge >= 0.3 is 6.03 Å². The second kappa shape index (κ2) is 9.20. The summed E-state index contributed by atoms with van der Waals surface area (Å²) < 4.78 is 0. The summed E-state index contributed by atoms with van der Waals surface area (Å²) in [6, 6.07) is 0.0170. The van der Waals surface area contributed by atoms with Crippen LogP contribution in [0.2, 0.25) is 0 Å². The minimum absolute atomic E-state index is 0.0170. The quantitative estimate of drug-likeness (QED) is 0.709. The Balaban J connectivity index is 1.85. The van der Waals surface area contributed by atoms with Crippen molar-refractivity contribution in [1.82, 2.24) is 15.1 Å². The maximum atomic E-state index is 11.2. The zero-order chi connectivity index (χ0) is 13.2. The molecule has 4 heteroatoms. The summed E-state index contributed by atoms with van der Waals surface area (Å²) >= 11 is 0. The van der Waals surface area contributed by atoms with E-state index >= 15 is 0 Å². The smallest absolute Gasteiger partial charge is 0.316 e. The van der Waals surface area contributed by atoms with Crippen molar-refractivity contribution in [3.05, 3.63) is 0 Å². The van der Waals surface area contributed by atoms with E-state index in [4.69, 9.17) is 0 Å². The van der Waals surface area contributed by atoms with Gasteiger partial charge in [-0.05, 0) is 45.3 Å². The summed E-state index contributed by atoms with van der Waals surface area (Å²) in [5.41, 5.74) is 0. The van der Waals surface area contributed by atoms with Crippen molar-refractivity contribution >= 4 is 6.03 Å². The zero-order valence-corrected chi connectivity index (χ0v) is 12.1. The number of likely N-dealkylation sites (tertiary alicyclic amines) is 1. The van der Waals surface area contributed by atoms with Crippen LogP contribution in [-0.2, 0) is 0 Å². The highest BCUT2D eigenvalue weighted by molar-refractivity contribution is 5.73. The number of amides is 2. The Morgan fingerprint density at radius 2 is 1.72 bits per heavy atom. The molecule has 1 fully saturated rings. The van der Waals surface area contributed by atoms with Crippen LogP contribution in [-0.4, -0.2) is 56.1 Å². The first kappa shape index (κ1) is 15.3. The Hall–Kier alpha value is -0.770. The highest BCUT2D eigenvalue weighted by atomic mass is 16.2. The second-order valence-electron chi connectivity index (χ2n) is 5.44. The van der Waals surface area contributed by atoms with Crippen LogP contribution in [0.3, 0.4) is 0 Å². The van der Waals surface area contributed by atoms with Gasteiger partial charge < -0.3 is 15.1 Å². The number of piperidine rings is 1. The number of nitrogens with zero attached hydrogens (tertiary/aromatic N) is 2. The van der Waals surface area contributed by atoms with Gasteiger partial charge in [-0.3, -0.25) is 0 Å². The molecule has 0 saturated carbocycles. The van der Waals surface area contributed by atoms with E-state index in [1.54, 1.807) is 19.0 Å². The standard InChI is InChI=1S/C14H29N3O/c1-16(2)14(18)15-10-6-3-4-7-11-17-12-8-5-9-13-17/h3-13H2,1-2H3,(H,15,18). The third-order valence-corrected chi connectivity index (χ3v) is 3.53. The fraction of sp³-hybridized carbons (Fsp3) is 0.929. The van der Waals surface area contributed by atoms with Crippen LogP contribution in [0.15, 0.2) is 0 Å². The molecule has 0 aromatic rings. The molecule has 1 saturated heterocycles. The van der Waals surface area contributed by atoms with Crippen molar-refractivity contribution in [2.45, 2.75) is 44.9 Å². The molecule has 2 amide bonds. The van der Waals surface area contributed by atoms with Crippen LogP contribution in [0, 0.1) is 0 Å². The molecule has 0 atom stereocenters. The van der Waals surface area contributed by atoms with E-state index in [9.17, 15) is 4.79 Å². The van der Waals surface area contributed by atoms with Gasteiger partial charge in [-0.25, -0.2) is 4.79 Å². The minimum atomic E-state index is 0.0170. The van der Waals surface area contributed by atoms with Crippen LogP contribution in [0.25, 0.3) is 0 Å². The van der Waals surface area contributed by atoms with Crippen molar-refractivity contribution in [2.24, 2.45) is 0 Å². The van der Waals surface area contributed by atoms with Crippen molar-refractivity contribution in [3.63, 3.8) is 0 Å². The van der Waals surface area contributed by atoms with Crippen molar-refractivity contribution in [2.75, 3.05) is 40.3 Å². The van der Waals surface area contributed by atoms with E-state index in [0.29, 0.717) is 0 Å². The van der Waals surface area contributed by atoms with Crippen molar-refractivity contribution < 1.29 is 4.79 Å². The number of hydrogen-bond donors (Lipinski definition) is 1. The van der Waals surface area contributed by atoms with Crippen LogP contribution in [0.4, 0.5) is 4.79 Å². The summed E-state index contributed by atoms with van der Waals surface area (Å²) in [5, 5.41) is 2.90. The fourth-order valence-corrected chi connectivity index (χ4v) is 2.35. The van der Waals surface area contributed by atoms with Gasteiger partial charge in [-0.2, -0.15) is 0 Å². The highest BCUT2D eigenvalue weighted by Gasteiger charge is 2.08. The largest absolute Gasteiger partial charge is 0.338 e. The molecule has 0 aromatic carbocycles. The summed E-state index contributed by atoms with van der Waals surface area (Å²) in [7, 11) is 3.54. The minimum Gasteiger partial charge on any atom is -0.338 e. The number of rotatable bonds is 7. The third kappa shape index (κ3) is 6.84. The molecule has 0 spiro atoms. The Bertz CT molecular complexity index is 225. The molecule has 0 radical (unpaired) electrons. The molecular weight excluding hydrogens is 226 g/mol. The van der Waals surface area contributed by atoms with Gasteiger partial charge in [0.2, 0.25) is 0 Å². The first-order valence-corrected chi connectivity index (χ1v) is 7.37. The second-order valence-corrected chi connectivity index (χ2v) is 5.44. The van der Waals surface area contributed by atoms with E-state index < -0.39 is 0 Å². The lowest BCUT2D eigenvalue weighted by molar-refractivity contribution is 0.216. The number of carbonyl (C=O) groups is 1. The summed E-state index contributed by atoms with van der Waals surface area (Å²) in [5.74, 6) is 0. The van der Waals surface area contributed by atoms with E-state index in [-0.39, 0.29) is 6.03 Å². The van der Waals surface area contributed by atoms with Crippen LogP contribution < -0.4 is 5.32 Å². The Morgan fingerprint density at radius 1 is 1.06 bits per heavy atom. The summed E-state index contributed by atoms with van der Waals surface area (Å²) in [6.07, 6.45) is 9.10.